The summed E-state index contributed by atoms with van der Waals surface area (Å²) in [5, 5.41) is 102. The number of esters is 4. The molecule has 3 rings (SSSR count). The number of hydrogen-bond donors (Lipinski definition) is 10. The van der Waals surface area contributed by atoms with E-state index in [9.17, 15) is 74.6 Å². The van der Waals surface area contributed by atoms with Crippen molar-refractivity contribution in [2.24, 2.45) is 5.92 Å². The van der Waals surface area contributed by atoms with Crippen LogP contribution in [-0.2, 0) is 70.7 Å². The van der Waals surface area contributed by atoms with Gasteiger partial charge >= 0.3 is 31.7 Å². The molecule has 0 aromatic heterocycles. The minimum atomic E-state index is -5.81. The second-order valence-corrected chi connectivity index (χ2v) is 35.2. The van der Waals surface area contributed by atoms with Crippen LogP contribution in [0.3, 0.4) is 0 Å². The number of ether oxygens (including phenoxy) is 8. The van der Waals surface area contributed by atoms with Crippen molar-refractivity contribution in [1.82, 2.24) is 0 Å². The van der Waals surface area contributed by atoms with Crippen LogP contribution in [0.2, 0.25) is 0 Å². The molecule has 2 saturated heterocycles. The zero-order chi connectivity index (χ0) is 84.8. The van der Waals surface area contributed by atoms with E-state index in [4.69, 9.17) is 46.9 Å². The number of unbranched alkanes of at least 4 members (excludes halogenated alkanes) is 45. The summed E-state index contributed by atoms with van der Waals surface area (Å²) in [6, 6.07) is 0. The summed E-state index contributed by atoms with van der Waals surface area (Å²) in [5.41, 5.74) is 0. The number of phosphoric acid groups is 1. The Morgan fingerprint density at radius 1 is 0.362 bits per heavy atom. The predicted octanol–water partition coefficient (Wildman–Crippen LogP) is 17.0. The molecule has 682 valence electrons. The Labute approximate surface area is 699 Å². The van der Waals surface area contributed by atoms with Crippen LogP contribution in [0.5, 0.6) is 0 Å². The third kappa shape index (κ3) is 48.9. The summed E-state index contributed by atoms with van der Waals surface area (Å²) in [6.45, 7) is 7.90. The molecule has 0 radical (unpaired) electrons. The van der Waals surface area contributed by atoms with E-state index in [0.717, 1.165) is 128 Å². The number of aliphatic hydroxyl groups excluding tert-OH is 9. The molecular formula is C90H167O25P. The average Bonchev–Trinajstić information content (AvgIpc) is 0.751. The molecule has 10 N–H and O–H groups in total. The molecule has 3 fully saturated rings. The summed E-state index contributed by atoms with van der Waals surface area (Å²) in [5.74, 6) is -2.31. The third-order valence-corrected chi connectivity index (χ3v) is 24.2. The number of rotatable bonds is 75. The minimum Gasteiger partial charge on any atom is -0.463 e. The topological polar surface area (TPSA) is 380 Å². The third-order valence-electron chi connectivity index (χ3n) is 23.2. The number of aliphatic hydroxyl groups is 9. The molecule has 19 atom stereocenters. The largest absolute Gasteiger partial charge is 0.472 e. The molecular weight excluding hydrogens is 1510 g/mol. The highest BCUT2D eigenvalue weighted by Gasteiger charge is 2.60. The fourth-order valence-corrected chi connectivity index (χ4v) is 16.6. The first kappa shape index (κ1) is 107. The Kier molecular flexibility index (Phi) is 63.5. The molecule has 1 saturated carbocycles. The van der Waals surface area contributed by atoms with E-state index < -0.39 is 162 Å². The van der Waals surface area contributed by atoms with E-state index >= 15 is 0 Å². The van der Waals surface area contributed by atoms with Crippen LogP contribution in [-0.4, -0.2) is 205 Å². The lowest BCUT2D eigenvalue weighted by atomic mass is 9.84. The molecule has 116 heavy (non-hydrogen) atoms. The van der Waals surface area contributed by atoms with Crippen LogP contribution in [0.1, 0.15) is 401 Å². The Balaban J connectivity index is 1.92. The van der Waals surface area contributed by atoms with Crippen molar-refractivity contribution < 1.29 is 122 Å². The highest BCUT2D eigenvalue weighted by atomic mass is 31.2. The van der Waals surface area contributed by atoms with Gasteiger partial charge in [-0.15, -0.1) is 0 Å². The normalized spacial score (nSPS) is 25.4. The Morgan fingerprint density at radius 2 is 0.698 bits per heavy atom. The number of hydrogen-bond acceptors (Lipinski definition) is 24. The van der Waals surface area contributed by atoms with E-state index in [1.54, 1.807) is 0 Å². The molecule has 3 aliphatic rings. The molecule has 2 heterocycles. The second-order valence-electron chi connectivity index (χ2n) is 33.8. The lowest BCUT2D eigenvalue weighted by molar-refractivity contribution is -0.360. The van der Waals surface area contributed by atoms with Gasteiger partial charge in [0, 0.05) is 25.7 Å². The summed E-state index contributed by atoms with van der Waals surface area (Å²) in [7, 11) is -5.81. The molecule has 19 unspecified atom stereocenters. The van der Waals surface area contributed by atoms with Gasteiger partial charge in [-0.3, -0.25) is 28.2 Å². The van der Waals surface area contributed by atoms with Crippen molar-refractivity contribution >= 4 is 31.7 Å². The Bertz CT molecular complexity index is 2480. The summed E-state index contributed by atoms with van der Waals surface area (Å²) in [4.78, 5) is 66.4. The first-order chi connectivity index (χ1) is 56.1. The van der Waals surface area contributed by atoms with Crippen LogP contribution in [0, 0.1) is 5.92 Å². The first-order valence-electron chi connectivity index (χ1n) is 46.8. The highest BCUT2D eigenvalue weighted by Crippen LogP contribution is 2.49. The summed E-state index contributed by atoms with van der Waals surface area (Å²) < 4.78 is 73.4. The smallest absolute Gasteiger partial charge is 0.463 e. The highest BCUT2D eigenvalue weighted by molar-refractivity contribution is 7.47. The molecule has 1 aliphatic carbocycles. The summed E-state index contributed by atoms with van der Waals surface area (Å²) >= 11 is 0. The van der Waals surface area contributed by atoms with E-state index in [-0.39, 0.29) is 25.7 Å². The van der Waals surface area contributed by atoms with Gasteiger partial charge in [0.2, 0.25) is 0 Å². The van der Waals surface area contributed by atoms with Gasteiger partial charge in [-0.1, -0.05) is 336 Å². The van der Waals surface area contributed by atoms with Crippen molar-refractivity contribution in [3.8, 4) is 0 Å². The van der Waals surface area contributed by atoms with Crippen LogP contribution < -0.4 is 0 Å². The average molecular weight is 1680 g/mol. The van der Waals surface area contributed by atoms with Crippen molar-refractivity contribution in [3.63, 3.8) is 0 Å². The molecule has 0 aromatic carbocycles. The molecule has 2 aliphatic heterocycles. The lowest BCUT2D eigenvalue weighted by Crippen LogP contribution is -2.70. The number of allylic oxidation sites excluding steroid dienone is 2. The monoisotopic (exact) mass is 1680 g/mol. The zero-order valence-corrected chi connectivity index (χ0v) is 73.6. The maximum absolute atomic E-state index is 14.9. The number of phosphoric ester groups is 1. The summed E-state index contributed by atoms with van der Waals surface area (Å²) in [6.07, 6.45) is 25.1. The van der Waals surface area contributed by atoms with Gasteiger partial charge in [-0.25, -0.2) is 4.57 Å². The van der Waals surface area contributed by atoms with E-state index in [1.165, 1.54) is 180 Å². The van der Waals surface area contributed by atoms with Gasteiger partial charge in [0.15, 0.2) is 24.8 Å². The Morgan fingerprint density at radius 3 is 1.12 bits per heavy atom. The molecule has 0 aromatic rings. The SMILES string of the molecule is CCCCCCCC/C=C\CCCCCC(=O)OCC(COP(=O)(O)OC1C(OC2OC(CO)C(O)C(O)C2O)C(O)C(O)C(OC(=O)CCCCCCCCCCCCCCC)C1OC1OC(COC(=O)CCCCCCCCCCCCCCCCC)C(O)C(O)C1O)OC(=O)CCCCCCCCC(C)CCCCCCCC. The molecule has 0 bridgehead atoms. The quantitative estimate of drug-likeness (QED) is 0.00889. The standard InChI is InChI=1S/C90H167O25P/c1-6-10-14-18-22-25-28-31-32-35-37-40-43-50-56-62-74(93)107-68-72-78(97)80(99)84(103)90(111-72)114-87-85(112-76(95)64-58-51-44-41-38-34-30-27-24-20-16-12-8-3)81(100)82(101)86(113-89-83(102)79(98)77(96)71(65-91)110-89)88(87)115-116(104,105)108-67-70(66-106-73(92)61-55-49-42-39-36-33-29-26-23-19-15-11-7-2)109-75(94)63-57-52-46-45-48-54-60-69(5)59-53-47-21-17-13-9-4/h33,36,69-72,77-91,96-103H,6-32,34-35,37-68H2,1-5H3,(H,104,105)/b36-33-. The maximum atomic E-state index is 14.9. The predicted molar refractivity (Wildman–Crippen MR) is 449 cm³/mol. The number of carbonyl (C=O) groups excluding carboxylic acids is 4. The van der Waals surface area contributed by atoms with Crippen LogP contribution >= 0.6 is 7.82 Å². The van der Waals surface area contributed by atoms with Crippen LogP contribution in [0.25, 0.3) is 0 Å². The van der Waals surface area contributed by atoms with Gasteiger partial charge in [0.25, 0.3) is 0 Å². The van der Waals surface area contributed by atoms with Crippen molar-refractivity contribution in [3.05, 3.63) is 12.2 Å². The second kappa shape index (κ2) is 68.6. The molecule has 0 amide bonds. The molecule has 0 spiro atoms. The van der Waals surface area contributed by atoms with Crippen molar-refractivity contribution in [2.45, 2.75) is 505 Å². The van der Waals surface area contributed by atoms with E-state index in [1.807, 2.05) is 0 Å². The molecule has 26 heteroatoms. The Hall–Kier alpha value is -2.79. The maximum Gasteiger partial charge on any atom is 0.472 e. The fraction of sp³-hybridized carbons (Fsp3) is 0.933. The lowest BCUT2D eigenvalue weighted by Gasteiger charge is -2.50. The van der Waals surface area contributed by atoms with Crippen molar-refractivity contribution in [1.29, 1.82) is 0 Å². The minimum absolute atomic E-state index is 0.0156. The van der Waals surface area contributed by atoms with Crippen LogP contribution in [0.4, 0.5) is 0 Å². The van der Waals surface area contributed by atoms with Gasteiger partial charge in [-0.2, -0.15) is 0 Å². The fourth-order valence-electron chi connectivity index (χ4n) is 15.6. The van der Waals surface area contributed by atoms with Gasteiger partial charge in [-0.05, 0) is 57.3 Å². The first-order valence-corrected chi connectivity index (χ1v) is 48.3. The van der Waals surface area contributed by atoms with Gasteiger partial charge < -0.3 is 88.7 Å². The van der Waals surface area contributed by atoms with Crippen LogP contribution in [0.15, 0.2) is 12.2 Å². The van der Waals surface area contributed by atoms with E-state index in [2.05, 4.69) is 46.8 Å². The number of carbonyl (C=O) groups is 4. The zero-order valence-electron chi connectivity index (χ0n) is 72.7. The molecule has 25 nitrogen and oxygen atoms in total. The van der Waals surface area contributed by atoms with Gasteiger partial charge in [0.1, 0.15) is 92.6 Å². The van der Waals surface area contributed by atoms with E-state index in [0.29, 0.717) is 38.0 Å². The van der Waals surface area contributed by atoms with Gasteiger partial charge in [0.05, 0.1) is 13.2 Å². The van der Waals surface area contributed by atoms with Crippen molar-refractivity contribution in [2.75, 3.05) is 26.4 Å².